The van der Waals surface area contributed by atoms with Crippen LogP contribution in [0.15, 0.2) is 10.5 Å². The first-order valence-corrected chi connectivity index (χ1v) is 8.44. The Bertz CT molecular complexity index is 484. The molecule has 1 saturated heterocycles. The molecule has 0 saturated carbocycles. The van der Waals surface area contributed by atoms with Gasteiger partial charge in [0.25, 0.3) is 0 Å². The number of nitrogen functional groups attached to an aromatic ring is 1. The Kier molecular flexibility index (Phi) is 5.66. The maximum absolute atomic E-state index is 11.9. The number of thioether (sulfide) groups is 1. The van der Waals surface area contributed by atoms with Gasteiger partial charge in [0.05, 0.1) is 6.61 Å². The molecule has 1 fully saturated rings. The lowest BCUT2D eigenvalue weighted by Crippen LogP contribution is -2.22. The highest BCUT2D eigenvalue weighted by Crippen LogP contribution is 2.20. The van der Waals surface area contributed by atoms with Gasteiger partial charge >= 0.3 is 5.97 Å². The van der Waals surface area contributed by atoms with Gasteiger partial charge in [-0.15, -0.1) is 11.3 Å². The molecule has 1 aromatic rings. The van der Waals surface area contributed by atoms with Crippen molar-refractivity contribution in [1.82, 2.24) is 4.98 Å². The van der Waals surface area contributed by atoms with Crippen molar-refractivity contribution in [2.75, 3.05) is 23.8 Å². The summed E-state index contributed by atoms with van der Waals surface area (Å²) in [4.78, 5) is 21.4. The molecule has 8 heteroatoms. The minimum Gasteiger partial charge on any atom is -0.461 e. The second-order valence-electron chi connectivity index (χ2n) is 4.15. The minimum absolute atomic E-state index is 0.0525. The van der Waals surface area contributed by atoms with Gasteiger partial charge in [-0.25, -0.2) is 9.78 Å². The molecule has 0 bridgehead atoms. The number of esters is 1. The topological polar surface area (TPSA) is 86.8 Å². The van der Waals surface area contributed by atoms with Gasteiger partial charge in [-0.1, -0.05) is 5.16 Å². The van der Waals surface area contributed by atoms with Crippen molar-refractivity contribution in [1.29, 1.82) is 0 Å². The van der Waals surface area contributed by atoms with E-state index in [0.29, 0.717) is 10.8 Å². The number of aromatic nitrogens is 1. The minimum atomic E-state index is -0.539. The third-order valence-electron chi connectivity index (χ3n) is 2.69. The Morgan fingerprint density at radius 1 is 1.55 bits per heavy atom. The molecule has 0 unspecified atom stereocenters. The zero-order chi connectivity index (χ0) is 14.4. The number of thiazole rings is 1. The lowest BCUT2D eigenvalue weighted by molar-refractivity contribution is -0.135. The number of carbonyl (C=O) groups excluding carboxylic acids is 1. The van der Waals surface area contributed by atoms with E-state index in [0.717, 1.165) is 24.3 Å². The third-order valence-corrected chi connectivity index (χ3v) is 4.42. The maximum atomic E-state index is 11.9. The SMILES string of the molecule is CCOC(=O)C(=NOC1CCSCC1)c1csc(N)n1. The quantitative estimate of drug-likeness (QED) is 0.507. The zero-order valence-corrected chi connectivity index (χ0v) is 12.8. The molecular weight excluding hydrogens is 298 g/mol. The van der Waals surface area contributed by atoms with Gasteiger partial charge in [-0.3, -0.25) is 0 Å². The van der Waals surface area contributed by atoms with Crippen molar-refractivity contribution < 1.29 is 14.4 Å². The van der Waals surface area contributed by atoms with Gasteiger partial charge in [-0.2, -0.15) is 11.8 Å². The summed E-state index contributed by atoms with van der Waals surface area (Å²) in [5.41, 5.74) is 6.07. The zero-order valence-electron chi connectivity index (χ0n) is 11.2. The van der Waals surface area contributed by atoms with E-state index < -0.39 is 5.97 Å². The smallest absolute Gasteiger partial charge is 0.362 e. The number of ether oxygens (including phenoxy) is 1. The van der Waals surface area contributed by atoms with Gasteiger partial charge in [0, 0.05) is 5.38 Å². The molecule has 2 N–H and O–H groups in total. The van der Waals surface area contributed by atoms with Crippen LogP contribution in [-0.4, -0.2) is 40.9 Å². The maximum Gasteiger partial charge on any atom is 0.362 e. The number of anilines is 1. The summed E-state index contributed by atoms with van der Waals surface area (Å²) < 4.78 is 4.98. The molecule has 0 amide bonds. The lowest BCUT2D eigenvalue weighted by Gasteiger charge is -2.19. The van der Waals surface area contributed by atoms with Crippen molar-refractivity contribution in [3.63, 3.8) is 0 Å². The van der Waals surface area contributed by atoms with Crippen LogP contribution in [0.3, 0.4) is 0 Å². The van der Waals surface area contributed by atoms with Crippen molar-refractivity contribution in [2.45, 2.75) is 25.9 Å². The summed E-state index contributed by atoms with van der Waals surface area (Å²) in [6, 6.07) is 0. The monoisotopic (exact) mass is 315 g/mol. The molecule has 110 valence electrons. The Morgan fingerprint density at radius 2 is 2.30 bits per heavy atom. The largest absolute Gasteiger partial charge is 0.461 e. The second-order valence-corrected chi connectivity index (χ2v) is 6.26. The number of hydrogen-bond acceptors (Lipinski definition) is 8. The van der Waals surface area contributed by atoms with Crippen LogP contribution in [0, 0.1) is 0 Å². The van der Waals surface area contributed by atoms with Crippen LogP contribution in [0.25, 0.3) is 0 Å². The van der Waals surface area contributed by atoms with Crippen LogP contribution < -0.4 is 5.73 Å². The van der Waals surface area contributed by atoms with Crippen LogP contribution in [0.1, 0.15) is 25.5 Å². The second kappa shape index (κ2) is 7.49. The predicted octanol–water partition coefficient (Wildman–Crippen LogP) is 1.90. The molecule has 1 aliphatic heterocycles. The molecule has 6 nitrogen and oxygen atoms in total. The summed E-state index contributed by atoms with van der Waals surface area (Å²) >= 11 is 3.15. The Morgan fingerprint density at radius 3 is 2.90 bits per heavy atom. The van der Waals surface area contributed by atoms with E-state index in [2.05, 4.69) is 10.1 Å². The average molecular weight is 315 g/mol. The van der Waals surface area contributed by atoms with Gasteiger partial charge in [-0.05, 0) is 31.3 Å². The average Bonchev–Trinajstić information content (AvgIpc) is 2.87. The highest BCUT2D eigenvalue weighted by atomic mass is 32.2. The van der Waals surface area contributed by atoms with Gasteiger partial charge in [0.2, 0.25) is 5.71 Å². The number of carbonyl (C=O) groups is 1. The summed E-state index contributed by atoms with van der Waals surface area (Å²) in [6.07, 6.45) is 1.92. The van der Waals surface area contributed by atoms with Crippen LogP contribution in [0.4, 0.5) is 5.13 Å². The van der Waals surface area contributed by atoms with Crippen molar-refractivity contribution in [2.24, 2.45) is 5.16 Å². The van der Waals surface area contributed by atoms with Crippen LogP contribution in [-0.2, 0) is 14.4 Å². The standard InChI is InChI=1S/C12H17N3O3S2/c1-2-17-11(16)10(9-7-20-12(13)14-9)15-18-8-3-5-19-6-4-8/h7-8H,2-6H2,1H3,(H2,13,14). The van der Waals surface area contributed by atoms with E-state index in [9.17, 15) is 4.79 Å². The third kappa shape index (κ3) is 4.11. The van der Waals surface area contributed by atoms with Crippen molar-refractivity contribution in [3.8, 4) is 0 Å². The van der Waals surface area contributed by atoms with Crippen molar-refractivity contribution in [3.05, 3.63) is 11.1 Å². The lowest BCUT2D eigenvalue weighted by atomic mass is 10.2. The molecule has 20 heavy (non-hydrogen) atoms. The first kappa shape index (κ1) is 15.1. The van der Waals surface area contributed by atoms with E-state index in [4.69, 9.17) is 15.3 Å². The summed E-state index contributed by atoms with van der Waals surface area (Å²) in [7, 11) is 0. The van der Waals surface area contributed by atoms with Gasteiger partial charge < -0.3 is 15.3 Å². The number of nitrogens with two attached hydrogens (primary N) is 1. The first-order chi connectivity index (χ1) is 9.70. The van der Waals surface area contributed by atoms with Gasteiger partial charge in [0.1, 0.15) is 11.8 Å². The molecular formula is C12H17N3O3S2. The highest BCUT2D eigenvalue weighted by molar-refractivity contribution is 7.99. The Balaban J connectivity index is 2.10. The predicted molar refractivity (Wildman–Crippen MR) is 81.1 cm³/mol. The van der Waals surface area contributed by atoms with E-state index >= 15 is 0 Å². The number of nitrogens with zero attached hydrogens (tertiary/aromatic N) is 2. The molecule has 0 spiro atoms. The molecule has 0 atom stereocenters. The molecule has 1 aliphatic rings. The molecule has 0 aliphatic carbocycles. The Labute approximate surface area is 125 Å². The first-order valence-electron chi connectivity index (χ1n) is 6.40. The summed E-state index contributed by atoms with van der Waals surface area (Å²) in [5, 5.41) is 6.02. The summed E-state index contributed by atoms with van der Waals surface area (Å²) in [5.74, 6) is 1.57. The number of rotatable bonds is 5. The van der Waals surface area contributed by atoms with Crippen LogP contribution in [0.2, 0.25) is 0 Å². The van der Waals surface area contributed by atoms with Gasteiger partial charge in [0.15, 0.2) is 5.13 Å². The van der Waals surface area contributed by atoms with Crippen molar-refractivity contribution >= 4 is 39.9 Å². The van der Waals surface area contributed by atoms with Crippen LogP contribution in [0.5, 0.6) is 0 Å². The fourth-order valence-corrected chi connectivity index (χ4v) is 3.30. The number of hydrogen-bond donors (Lipinski definition) is 1. The number of oxime groups is 1. The van der Waals surface area contributed by atoms with E-state index in [1.807, 2.05) is 11.8 Å². The fraction of sp³-hybridized carbons (Fsp3) is 0.583. The molecule has 2 rings (SSSR count). The van der Waals surface area contributed by atoms with E-state index in [1.54, 1.807) is 12.3 Å². The molecule has 2 heterocycles. The van der Waals surface area contributed by atoms with E-state index in [1.165, 1.54) is 11.3 Å². The molecule has 0 aromatic carbocycles. The molecule has 0 radical (unpaired) electrons. The fourth-order valence-electron chi connectivity index (χ4n) is 1.69. The highest BCUT2D eigenvalue weighted by Gasteiger charge is 2.21. The Hall–Kier alpha value is -1.28. The normalized spacial score (nSPS) is 16.9. The van der Waals surface area contributed by atoms with E-state index in [-0.39, 0.29) is 18.4 Å². The molecule has 1 aromatic heterocycles. The summed E-state index contributed by atoms with van der Waals surface area (Å²) in [6.45, 7) is 2.02. The van der Waals surface area contributed by atoms with Crippen LogP contribution >= 0.6 is 23.1 Å².